The topological polar surface area (TPSA) is 32.3 Å². The van der Waals surface area contributed by atoms with Gasteiger partial charge in [0, 0.05) is 32.3 Å². The number of carbonyl (C=O) groups is 1. The zero-order valence-corrected chi connectivity index (χ0v) is 16.6. The van der Waals surface area contributed by atoms with Crippen LogP contribution in [0.25, 0.3) is 0 Å². The second-order valence-corrected chi connectivity index (χ2v) is 7.96. The average Bonchev–Trinajstić information content (AvgIpc) is 2.60. The van der Waals surface area contributed by atoms with E-state index < -0.39 is 0 Å². The molecule has 1 saturated heterocycles. The van der Waals surface area contributed by atoms with Crippen LogP contribution < -0.4 is 5.32 Å². The van der Waals surface area contributed by atoms with Gasteiger partial charge in [0.05, 0.1) is 0 Å². The number of hydrogen-bond donors (Lipinski definition) is 1. The van der Waals surface area contributed by atoms with Crippen molar-refractivity contribution in [3.8, 4) is 0 Å². The molecule has 0 radical (unpaired) electrons. The molecule has 6 heteroatoms. The summed E-state index contributed by atoms with van der Waals surface area (Å²) in [4.78, 5) is 14.6. The van der Waals surface area contributed by atoms with E-state index in [0.29, 0.717) is 17.1 Å². The molecule has 0 bridgehead atoms. The predicted octanol–water partition coefficient (Wildman–Crippen LogP) is 4.93. The van der Waals surface area contributed by atoms with E-state index in [-0.39, 0.29) is 17.6 Å². The van der Waals surface area contributed by atoms with E-state index >= 15 is 0 Å². The van der Waals surface area contributed by atoms with Crippen molar-refractivity contribution in [3.05, 3.63) is 62.4 Å². The van der Waals surface area contributed by atoms with Crippen molar-refractivity contribution in [2.75, 3.05) is 18.4 Å². The molecule has 1 aliphatic heterocycles. The summed E-state index contributed by atoms with van der Waals surface area (Å²) in [5, 5.41) is 3.39. The first kappa shape index (κ1) is 18.6. The molecule has 25 heavy (non-hydrogen) atoms. The maximum absolute atomic E-state index is 13.9. The second-order valence-electron chi connectivity index (χ2n) is 6.28. The lowest BCUT2D eigenvalue weighted by Gasteiger charge is -2.31. The Labute approximate surface area is 165 Å². The zero-order valence-electron chi connectivity index (χ0n) is 13.6. The Morgan fingerprint density at radius 3 is 2.52 bits per heavy atom. The van der Waals surface area contributed by atoms with Crippen molar-refractivity contribution < 1.29 is 9.18 Å². The maximum Gasteiger partial charge on any atom is 0.227 e. The summed E-state index contributed by atoms with van der Waals surface area (Å²) in [6.07, 6.45) is 1.57. The number of rotatable bonds is 4. The van der Waals surface area contributed by atoms with Gasteiger partial charge >= 0.3 is 0 Å². The third-order valence-electron chi connectivity index (χ3n) is 4.48. The molecule has 3 nitrogen and oxygen atoms in total. The molecule has 1 heterocycles. The first-order valence-electron chi connectivity index (χ1n) is 8.24. The lowest BCUT2D eigenvalue weighted by molar-refractivity contribution is -0.121. The molecule has 0 aliphatic carbocycles. The van der Waals surface area contributed by atoms with Crippen LogP contribution in [0.5, 0.6) is 0 Å². The van der Waals surface area contributed by atoms with Crippen LogP contribution in [0.1, 0.15) is 18.4 Å². The molecule has 3 rings (SSSR count). The van der Waals surface area contributed by atoms with Gasteiger partial charge in [0.2, 0.25) is 5.91 Å². The molecule has 2 aromatic carbocycles. The monoisotopic (exact) mass is 472 g/mol. The van der Waals surface area contributed by atoms with Crippen molar-refractivity contribution in [1.29, 1.82) is 0 Å². The van der Waals surface area contributed by atoms with Gasteiger partial charge < -0.3 is 5.32 Å². The number of hydrogen-bond acceptors (Lipinski definition) is 2. The molecule has 1 amide bonds. The Bertz CT molecular complexity index is 746. The Hall–Kier alpha value is -1.18. The van der Waals surface area contributed by atoms with E-state index in [2.05, 4.69) is 32.8 Å². The van der Waals surface area contributed by atoms with Gasteiger partial charge in [-0.1, -0.05) is 17.7 Å². The third kappa shape index (κ3) is 5.15. The van der Waals surface area contributed by atoms with E-state index in [9.17, 15) is 9.18 Å². The number of carbonyl (C=O) groups excluding carboxylic acids is 1. The Balaban J connectivity index is 1.51. The summed E-state index contributed by atoms with van der Waals surface area (Å²) in [5.41, 5.74) is 1.47. The molecule has 2 aromatic rings. The first-order chi connectivity index (χ1) is 12.0. The summed E-state index contributed by atoms with van der Waals surface area (Å²) < 4.78 is 15.0. The van der Waals surface area contributed by atoms with Crippen LogP contribution in [-0.2, 0) is 11.3 Å². The van der Waals surface area contributed by atoms with Gasteiger partial charge in [0.1, 0.15) is 5.82 Å². The van der Waals surface area contributed by atoms with Crippen LogP contribution >= 0.6 is 34.2 Å². The highest BCUT2D eigenvalue weighted by molar-refractivity contribution is 14.1. The average molecular weight is 473 g/mol. The summed E-state index contributed by atoms with van der Waals surface area (Å²) in [7, 11) is 0. The van der Waals surface area contributed by atoms with Gasteiger partial charge in [-0.25, -0.2) is 4.39 Å². The fourth-order valence-corrected chi connectivity index (χ4v) is 3.54. The van der Waals surface area contributed by atoms with E-state index in [1.807, 2.05) is 24.3 Å². The second kappa shape index (κ2) is 8.47. The van der Waals surface area contributed by atoms with Gasteiger partial charge in [-0.2, -0.15) is 0 Å². The summed E-state index contributed by atoms with van der Waals surface area (Å²) in [5.74, 6) is -0.199. The predicted molar refractivity (Wildman–Crippen MR) is 107 cm³/mol. The number of piperidine rings is 1. The van der Waals surface area contributed by atoms with Crippen molar-refractivity contribution in [2.24, 2.45) is 5.92 Å². The SMILES string of the molecule is O=C(Nc1ccc(I)cc1)C1CCN(Cc2ccc(Cl)cc2F)CC1. The van der Waals surface area contributed by atoms with Crippen molar-refractivity contribution in [2.45, 2.75) is 19.4 Å². The minimum absolute atomic E-state index is 0.00518. The smallest absolute Gasteiger partial charge is 0.227 e. The van der Waals surface area contributed by atoms with Gasteiger partial charge in [-0.05, 0) is 84.9 Å². The van der Waals surface area contributed by atoms with Crippen LogP contribution in [0.4, 0.5) is 10.1 Å². The van der Waals surface area contributed by atoms with Crippen molar-refractivity contribution in [1.82, 2.24) is 4.90 Å². The lowest BCUT2D eigenvalue weighted by atomic mass is 9.95. The van der Waals surface area contributed by atoms with Crippen LogP contribution in [0.2, 0.25) is 5.02 Å². The quantitative estimate of drug-likeness (QED) is 0.640. The molecule has 0 saturated carbocycles. The van der Waals surface area contributed by atoms with Crippen LogP contribution in [0, 0.1) is 15.3 Å². The highest BCUT2D eigenvalue weighted by Gasteiger charge is 2.25. The number of nitrogens with one attached hydrogen (secondary N) is 1. The van der Waals surface area contributed by atoms with Gasteiger partial charge in [0.25, 0.3) is 0 Å². The summed E-state index contributed by atoms with van der Waals surface area (Å²) in [6, 6.07) is 12.6. The number of amides is 1. The lowest BCUT2D eigenvalue weighted by Crippen LogP contribution is -2.37. The standard InChI is InChI=1S/C19H19ClFIN2O/c20-15-2-1-14(18(21)11-15)12-24-9-7-13(8-10-24)19(25)23-17-5-3-16(22)4-6-17/h1-6,11,13H,7-10,12H2,(H,23,25). The fraction of sp³-hybridized carbons (Fsp3) is 0.316. The third-order valence-corrected chi connectivity index (χ3v) is 5.43. The maximum atomic E-state index is 13.9. The molecule has 1 fully saturated rings. The number of anilines is 1. The van der Waals surface area contributed by atoms with Crippen LogP contribution in [-0.4, -0.2) is 23.9 Å². The molecule has 0 unspecified atom stereocenters. The Morgan fingerprint density at radius 2 is 1.88 bits per heavy atom. The van der Waals surface area contributed by atoms with Crippen LogP contribution in [0.3, 0.4) is 0 Å². The zero-order chi connectivity index (χ0) is 17.8. The number of halogens is 3. The van der Waals surface area contributed by atoms with E-state index in [1.165, 1.54) is 6.07 Å². The summed E-state index contributed by atoms with van der Waals surface area (Å²) >= 11 is 8.03. The van der Waals surface area contributed by atoms with Crippen molar-refractivity contribution >= 4 is 45.8 Å². The minimum Gasteiger partial charge on any atom is -0.326 e. The van der Waals surface area contributed by atoms with Gasteiger partial charge in [0.15, 0.2) is 0 Å². The van der Waals surface area contributed by atoms with E-state index in [1.54, 1.807) is 12.1 Å². The Kier molecular flexibility index (Phi) is 6.30. The highest BCUT2D eigenvalue weighted by Crippen LogP contribution is 2.23. The number of likely N-dealkylation sites (tertiary alicyclic amines) is 1. The molecular formula is C19H19ClFIN2O. The molecular weight excluding hydrogens is 454 g/mol. The van der Waals surface area contributed by atoms with Gasteiger partial charge in [-0.15, -0.1) is 0 Å². The van der Waals surface area contributed by atoms with Gasteiger partial charge in [-0.3, -0.25) is 9.69 Å². The molecule has 1 aliphatic rings. The van der Waals surface area contributed by atoms with Crippen molar-refractivity contribution in [3.63, 3.8) is 0 Å². The van der Waals surface area contributed by atoms with Crippen LogP contribution in [0.15, 0.2) is 42.5 Å². The number of nitrogens with zero attached hydrogens (tertiary/aromatic N) is 1. The highest BCUT2D eigenvalue weighted by atomic mass is 127. The first-order valence-corrected chi connectivity index (χ1v) is 9.69. The fourth-order valence-electron chi connectivity index (χ4n) is 3.02. The molecule has 0 atom stereocenters. The molecule has 0 aromatic heterocycles. The largest absolute Gasteiger partial charge is 0.326 e. The van der Waals surface area contributed by atoms with E-state index in [0.717, 1.165) is 35.2 Å². The Morgan fingerprint density at radius 1 is 1.20 bits per heavy atom. The normalized spacial score (nSPS) is 16.0. The molecule has 1 N–H and O–H groups in total. The molecule has 132 valence electrons. The summed E-state index contributed by atoms with van der Waals surface area (Å²) in [6.45, 7) is 2.12. The number of benzene rings is 2. The minimum atomic E-state index is -0.272. The molecule has 0 spiro atoms. The van der Waals surface area contributed by atoms with E-state index in [4.69, 9.17) is 11.6 Å².